The third-order valence-electron chi connectivity index (χ3n) is 9.89. The van der Waals surface area contributed by atoms with Crippen LogP contribution in [0.5, 0.6) is 0 Å². The molecular weight excluding hydrogens is 368 g/mol. The lowest BCUT2D eigenvalue weighted by atomic mass is 9.42. The van der Waals surface area contributed by atoms with Crippen molar-refractivity contribution in [3.05, 3.63) is 34.4 Å². The molecule has 0 spiro atoms. The molecule has 9 atom stereocenters. The van der Waals surface area contributed by atoms with Gasteiger partial charge in [0.1, 0.15) is 0 Å². The summed E-state index contributed by atoms with van der Waals surface area (Å²) in [6, 6.07) is 3.28. The normalized spacial score (nSPS) is 51.8. The van der Waals surface area contributed by atoms with E-state index in [-0.39, 0.29) is 34.9 Å². The van der Waals surface area contributed by atoms with Crippen LogP contribution in [0.15, 0.2) is 27.6 Å². The van der Waals surface area contributed by atoms with Crippen molar-refractivity contribution in [1.29, 1.82) is 0 Å². The predicted octanol–water partition coefficient (Wildman–Crippen LogP) is 3.21. The van der Waals surface area contributed by atoms with Crippen LogP contribution in [-0.4, -0.2) is 33.1 Å². The summed E-state index contributed by atoms with van der Waals surface area (Å²) < 4.78 is 5.14. The Morgan fingerprint density at radius 2 is 1.86 bits per heavy atom. The first-order chi connectivity index (χ1) is 13.7. The van der Waals surface area contributed by atoms with Crippen molar-refractivity contribution >= 4 is 0 Å². The van der Waals surface area contributed by atoms with Gasteiger partial charge in [-0.25, -0.2) is 4.79 Å². The summed E-state index contributed by atoms with van der Waals surface area (Å²) in [4.78, 5) is 11.4. The molecule has 5 rings (SSSR count). The van der Waals surface area contributed by atoms with E-state index in [4.69, 9.17) is 4.42 Å². The van der Waals surface area contributed by atoms with Gasteiger partial charge in [0.15, 0.2) is 0 Å². The van der Waals surface area contributed by atoms with E-state index in [0.29, 0.717) is 12.3 Å². The highest BCUT2D eigenvalue weighted by Crippen LogP contribution is 2.70. The fourth-order valence-corrected chi connectivity index (χ4v) is 8.41. The smallest absolute Gasteiger partial charge is 0.335 e. The van der Waals surface area contributed by atoms with E-state index in [2.05, 4.69) is 13.8 Å². The minimum Gasteiger partial charge on any atom is -0.431 e. The van der Waals surface area contributed by atoms with Crippen molar-refractivity contribution in [3.8, 4) is 0 Å². The van der Waals surface area contributed by atoms with E-state index in [1.165, 1.54) is 6.07 Å². The van der Waals surface area contributed by atoms with Crippen LogP contribution < -0.4 is 5.63 Å². The topological polar surface area (TPSA) is 90.9 Å². The van der Waals surface area contributed by atoms with Crippen LogP contribution in [0.2, 0.25) is 0 Å². The number of aliphatic hydroxyl groups excluding tert-OH is 2. The van der Waals surface area contributed by atoms with Crippen molar-refractivity contribution in [2.24, 2.45) is 28.6 Å². The highest BCUT2D eigenvalue weighted by molar-refractivity contribution is 5.28. The Bertz CT molecular complexity index is 829. The molecule has 3 N–H and O–H groups in total. The number of hydrogen-bond acceptors (Lipinski definition) is 5. The summed E-state index contributed by atoms with van der Waals surface area (Å²) in [6.45, 7) is 4.43. The van der Waals surface area contributed by atoms with Gasteiger partial charge in [-0.1, -0.05) is 13.8 Å². The van der Waals surface area contributed by atoms with Gasteiger partial charge in [0.05, 0.1) is 24.1 Å². The van der Waals surface area contributed by atoms with Gasteiger partial charge in [-0.3, -0.25) is 0 Å². The molecule has 4 aliphatic rings. The summed E-state index contributed by atoms with van der Waals surface area (Å²) in [6.07, 6.45) is 7.49. The highest BCUT2D eigenvalue weighted by atomic mass is 16.4. The third kappa shape index (κ3) is 2.60. The maximum absolute atomic E-state index is 12.2. The summed E-state index contributed by atoms with van der Waals surface area (Å²) >= 11 is 0. The molecule has 1 heterocycles. The van der Waals surface area contributed by atoms with Gasteiger partial charge < -0.3 is 19.7 Å². The Balaban J connectivity index is 1.52. The van der Waals surface area contributed by atoms with Crippen LogP contribution in [0, 0.1) is 28.6 Å². The molecule has 160 valence electrons. The second kappa shape index (κ2) is 6.41. The molecule has 0 bridgehead atoms. The first-order valence-corrected chi connectivity index (χ1v) is 11.4. The van der Waals surface area contributed by atoms with Gasteiger partial charge in [-0.15, -0.1) is 0 Å². The van der Waals surface area contributed by atoms with E-state index >= 15 is 0 Å². The Hall–Kier alpha value is -1.17. The summed E-state index contributed by atoms with van der Waals surface area (Å²) in [5, 5.41) is 33.8. The quantitative estimate of drug-likeness (QED) is 0.671. The van der Waals surface area contributed by atoms with Gasteiger partial charge in [-0.2, -0.15) is 0 Å². The summed E-state index contributed by atoms with van der Waals surface area (Å²) in [7, 11) is 0. The van der Waals surface area contributed by atoms with Crippen LogP contribution in [0.25, 0.3) is 0 Å². The van der Waals surface area contributed by atoms with Gasteiger partial charge >= 0.3 is 5.63 Å². The zero-order chi connectivity index (χ0) is 20.6. The second-order valence-electron chi connectivity index (χ2n) is 10.9. The molecule has 29 heavy (non-hydrogen) atoms. The van der Waals surface area contributed by atoms with Crippen LogP contribution in [0.3, 0.4) is 0 Å². The molecule has 5 nitrogen and oxygen atoms in total. The Morgan fingerprint density at radius 3 is 2.59 bits per heavy atom. The lowest BCUT2D eigenvalue weighted by Crippen LogP contribution is -2.66. The van der Waals surface area contributed by atoms with Gasteiger partial charge in [-0.05, 0) is 92.1 Å². The third-order valence-corrected chi connectivity index (χ3v) is 9.89. The summed E-state index contributed by atoms with van der Waals surface area (Å²) in [5.74, 6) is 0.662. The maximum atomic E-state index is 12.2. The van der Waals surface area contributed by atoms with Crippen LogP contribution >= 0.6 is 0 Å². The number of rotatable bonds is 1. The monoisotopic (exact) mass is 402 g/mol. The fraction of sp³-hybridized carbons (Fsp3) is 0.792. The number of aliphatic hydroxyl groups is 3. The molecule has 0 saturated heterocycles. The van der Waals surface area contributed by atoms with Gasteiger partial charge in [0.25, 0.3) is 0 Å². The lowest BCUT2D eigenvalue weighted by molar-refractivity contribution is -0.239. The minimum atomic E-state index is -0.818. The van der Waals surface area contributed by atoms with E-state index in [9.17, 15) is 20.1 Å². The van der Waals surface area contributed by atoms with Crippen molar-refractivity contribution in [1.82, 2.24) is 0 Å². The fourth-order valence-electron chi connectivity index (χ4n) is 8.41. The standard InChI is InChI=1S/C24H34O5/c1-22-9-7-16(25)11-15(22)4-5-18-21(22)19(26)12-23(2)17(8-10-24(18,23)28)14-3-6-20(27)29-13-14/h3,6,13,15-19,21,25-26,28H,4-5,7-12H2,1-2H3/t15-,16+,17+,18-,19-,21-,22+,23-,24+/m1/s1. The molecule has 4 aliphatic carbocycles. The zero-order valence-corrected chi connectivity index (χ0v) is 17.5. The lowest BCUT2D eigenvalue weighted by Gasteiger charge is -2.65. The number of fused-ring (bicyclic) bond motifs is 5. The largest absolute Gasteiger partial charge is 0.431 e. The Morgan fingerprint density at radius 1 is 1.07 bits per heavy atom. The molecule has 1 aromatic heterocycles. The molecule has 0 unspecified atom stereocenters. The van der Waals surface area contributed by atoms with Crippen molar-refractivity contribution in [2.45, 2.75) is 88.9 Å². The first-order valence-electron chi connectivity index (χ1n) is 11.4. The highest BCUT2D eigenvalue weighted by Gasteiger charge is 2.69. The maximum Gasteiger partial charge on any atom is 0.335 e. The minimum absolute atomic E-state index is 0.0176. The number of hydrogen-bond donors (Lipinski definition) is 3. The molecule has 4 fully saturated rings. The molecular formula is C24H34O5. The Kier molecular flexibility index (Phi) is 4.37. The van der Waals surface area contributed by atoms with Crippen molar-refractivity contribution < 1.29 is 19.7 Å². The average molecular weight is 403 g/mol. The molecule has 1 aromatic rings. The zero-order valence-electron chi connectivity index (χ0n) is 17.5. The van der Waals surface area contributed by atoms with E-state index in [1.807, 2.05) is 6.07 Å². The molecule has 0 radical (unpaired) electrons. The van der Waals surface area contributed by atoms with Crippen LogP contribution in [-0.2, 0) is 0 Å². The molecule has 5 heteroatoms. The SMILES string of the molecule is C[C@]12CC[C@H](O)C[C@H]1CC[C@@H]1[C@@H]2[C@H](O)C[C@]2(C)[C@H](c3ccc(=O)oc3)CC[C@]12O. The first kappa shape index (κ1) is 19.8. The Labute approximate surface area is 172 Å². The summed E-state index contributed by atoms with van der Waals surface area (Å²) in [5.41, 5.74) is -0.681. The van der Waals surface area contributed by atoms with E-state index in [1.54, 1.807) is 6.26 Å². The molecule has 0 amide bonds. The van der Waals surface area contributed by atoms with Gasteiger partial charge in [0, 0.05) is 11.5 Å². The molecule has 0 aliphatic heterocycles. The van der Waals surface area contributed by atoms with Crippen LogP contribution in [0.1, 0.15) is 76.7 Å². The van der Waals surface area contributed by atoms with Crippen LogP contribution in [0.4, 0.5) is 0 Å². The van der Waals surface area contributed by atoms with Crippen molar-refractivity contribution in [3.63, 3.8) is 0 Å². The molecule has 0 aromatic carbocycles. The second-order valence-corrected chi connectivity index (χ2v) is 10.9. The van der Waals surface area contributed by atoms with E-state index < -0.39 is 17.1 Å². The van der Waals surface area contributed by atoms with E-state index in [0.717, 1.165) is 50.5 Å². The van der Waals surface area contributed by atoms with Crippen molar-refractivity contribution in [2.75, 3.05) is 0 Å². The predicted molar refractivity (Wildman–Crippen MR) is 108 cm³/mol. The molecule has 4 saturated carbocycles. The van der Waals surface area contributed by atoms with Gasteiger partial charge in [0.2, 0.25) is 0 Å². The average Bonchev–Trinajstić information content (AvgIpc) is 2.94.